The number of carbonyl (C=O) groups is 1. The summed E-state index contributed by atoms with van der Waals surface area (Å²) in [5.41, 5.74) is 2.36. The van der Waals surface area contributed by atoms with Crippen LogP contribution in [0.25, 0.3) is 0 Å². The summed E-state index contributed by atoms with van der Waals surface area (Å²) in [6.07, 6.45) is -0.215. The largest absolute Gasteiger partial charge is 0.479 e. The van der Waals surface area contributed by atoms with E-state index in [1.54, 1.807) is 0 Å². The van der Waals surface area contributed by atoms with Crippen LogP contribution in [0.1, 0.15) is 13.3 Å². The van der Waals surface area contributed by atoms with Gasteiger partial charge < -0.3 is 19.6 Å². The summed E-state index contributed by atoms with van der Waals surface area (Å²) in [6.45, 7) is 4.80. The molecule has 5 nitrogen and oxygen atoms in total. The van der Waals surface area contributed by atoms with Crippen molar-refractivity contribution < 1.29 is 14.6 Å². The van der Waals surface area contributed by atoms with E-state index in [1.807, 2.05) is 19.1 Å². The third-order valence-electron chi connectivity index (χ3n) is 3.64. The van der Waals surface area contributed by atoms with Gasteiger partial charge in [0.1, 0.15) is 0 Å². The van der Waals surface area contributed by atoms with Crippen molar-refractivity contribution in [2.45, 2.75) is 19.4 Å². The number of rotatable bonds is 6. The first-order valence-corrected chi connectivity index (χ1v) is 7.03. The van der Waals surface area contributed by atoms with E-state index in [0.717, 1.165) is 13.1 Å². The highest BCUT2D eigenvalue weighted by Crippen LogP contribution is 2.31. The molecule has 0 saturated carbocycles. The highest BCUT2D eigenvalue weighted by Gasteiger charge is 2.23. The number of nitrogens with zero attached hydrogens (tertiary/aromatic N) is 2. The number of carboxylic acid groups (broad SMARTS) is 1. The van der Waals surface area contributed by atoms with E-state index in [9.17, 15) is 4.79 Å². The van der Waals surface area contributed by atoms with Crippen LogP contribution >= 0.6 is 0 Å². The molecule has 1 aromatic rings. The number of carboxylic acids is 1. The van der Waals surface area contributed by atoms with Crippen LogP contribution in [0.15, 0.2) is 24.3 Å². The lowest BCUT2D eigenvalue weighted by atomic mass is 10.1. The highest BCUT2D eigenvalue weighted by atomic mass is 16.5. The Bertz CT molecular complexity index is 464. The number of fused-ring (bicyclic) bond motifs is 1. The zero-order valence-corrected chi connectivity index (χ0v) is 12.1. The molecule has 1 unspecified atom stereocenters. The number of likely N-dealkylation sites (N-methyl/N-ethyl adjacent to an activating group) is 1. The third kappa shape index (κ3) is 3.22. The van der Waals surface area contributed by atoms with Crippen LogP contribution in [0.4, 0.5) is 11.4 Å². The van der Waals surface area contributed by atoms with Gasteiger partial charge in [0.15, 0.2) is 6.10 Å². The average Bonchev–Trinajstić information content (AvgIpc) is 2.45. The number of hydrogen-bond acceptors (Lipinski definition) is 4. The quantitative estimate of drug-likeness (QED) is 0.860. The maximum atomic E-state index is 11.1. The van der Waals surface area contributed by atoms with Gasteiger partial charge in [-0.1, -0.05) is 12.1 Å². The van der Waals surface area contributed by atoms with Gasteiger partial charge in [-0.05, 0) is 19.1 Å². The molecule has 110 valence electrons. The molecule has 0 radical (unpaired) electrons. The second-order valence-electron chi connectivity index (χ2n) is 4.97. The van der Waals surface area contributed by atoms with Gasteiger partial charge >= 0.3 is 5.97 Å². The van der Waals surface area contributed by atoms with Crippen molar-refractivity contribution in [3.8, 4) is 0 Å². The minimum absolute atomic E-state index is 0.427. The van der Waals surface area contributed by atoms with Crippen LogP contribution in [-0.4, -0.2) is 50.5 Å². The van der Waals surface area contributed by atoms with Crippen LogP contribution in [0.3, 0.4) is 0 Å². The highest BCUT2D eigenvalue weighted by molar-refractivity contribution is 5.74. The van der Waals surface area contributed by atoms with Gasteiger partial charge in [0.2, 0.25) is 0 Å². The Labute approximate surface area is 119 Å². The molecule has 0 spiro atoms. The molecule has 5 heteroatoms. The lowest BCUT2D eigenvalue weighted by molar-refractivity contribution is -0.150. The molecule has 0 fully saturated rings. The van der Waals surface area contributed by atoms with Crippen molar-refractivity contribution in [2.75, 3.05) is 43.1 Å². The van der Waals surface area contributed by atoms with E-state index < -0.39 is 12.1 Å². The van der Waals surface area contributed by atoms with Gasteiger partial charge in [-0.3, -0.25) is 0 Å². The van der Waals surface area contributed by atoms with Gasteiger partial charge in [0.25, 0.3) is 0 Å². The molecule has 0 aromatic heterocycles. The van der Waals surface area contributed by atoms with E-state index in [-0.39, 0.29) is 0 Å². The first kappa shape index (κ1) is 14.7. The third-order valence-corrected chi connectivity index (χ3v) is 3.64. The van der Waals surface area contributed by atoms with E-state index in [2.05, 4.69) is 29.0 Å². The van der Waals surface area contributed by atoms with Crippen LogP contribution < -0.4 is 9.80 Å². The molecule has 1 N–H and O–H groups in total. The number of anilines is 2. The fraction of sp³-hybridized carbons (Fsp3) is 0.533. The average molecular weight is 278 g/mol. The predicted octanol–water partition coefficient (Wildman–Crippen LogP) is 1.82. The molecule has 20 heavy (non-hydrogen) atoms. The van der Waals surface area contributed by atoms with E-state index >= 15 is 0 Å². The molecule has 0 saturated heterocycles. The van der Waals surface area contributed by atoms with Crippen molar-refractivity contribution in [1.82, 2.24) is 0 Å². The van der Waals surface area contributed by atoms with Crippen molar-refractivity contribution >= 4 is 17.3 Å². The van der Waals surface area contributed by atoms with Crippen LogP contribution in [0, 0.1) is 0 Å². The number of benzene rings is 1. The molecular formula is C15H22N2O3. The van der Waals surface area contributed by atoms with Crippen LogP contribution in [-0.2, 0) is 9.53 Å². The maximum Gasteiger partial charge on any atom is 0.332 e. The summed E-state index contributed by atoms with van der Waals surface area (Å²) in [6, 6.07) is 8.22. The summed E-state index contributed by atoms with van der Waals surface area (Å²) in [5, 5.41) is 9.12. The fourth-order valence-corrected chi connectivity index (χ4v) is 2.55. The number of ether oxygens (including phenoxy) is 1. The number of aliphatic carboxylic acids is 1. The molecule has 2 rings (SSSR count). The van der Waals surface area contributed by atoms with Crippen LogP contribution in [0.2, 0.25) is 0 Å². The maximum absolute atomic E-state index is 11.1. The summed E-state index contributed by atoms with van der Waals surface area (Å²) in [7, 11) is 2.08. The molecule has 1 aliphatic heterocycles. The molecule has 1 aliphatic rings. The minimum atomic E-state index is -0.880. The molecule has 1 aromatic carbocycles. The SMILES string of the molecule is CCOC(CCN1CCN(C)c2ccccc21)C(=O)O. The Balaban J connectivity index is 2.04. The molecule has 1 heterocycles. The van der Waals surface area contributed by atoms with E-state index in [1.165, 1.54) is 11.4 Å². The van der Waals surface area contributed by atoms with Gasteiger partial charge in [0.05, 0.1) is 11.4 Å². The lowest BCUT2D eigenvalue weighted by Gasteiger charge is -2.37. The zero-order chi connectivity index (χ0) is 14.5. The fourth-order valence-electron chi connectivity index (χ4n) is 2.55. The Kier molecular flexibility index (Phi) is 4.84. The zero-order valence-electron chi connectivity index (χ0n) is 12.1. The minimum Gasteiger partial charge on any atom is -0.479 e. The smallest absolute Gasteiger partial charge is 0.332 e. The lowest BCUT2D eigenvalue weighted by Crippen LogP contribution is -2.41. The van der Waals surface area contributed by atoms with Crippen molar-refractivity contribution in [2.24, 2.45) is 0 Å². The van der Waals surface area contributed by atoms with Crippen molar-refractivity contribution in [3.05, 3.63) is 24.3 Å². The van der Waals surface area contributed by atoms with Crippen molar-refractivity contribution in [3.63, 3.8) is 0 Å². The summed E-state index contributed by atoms with van der Waals surface area (Å²) < 4.78 is 5.27. The molecule has 0 amide bonds. The topological polar surface area (TPSA) is 53.0 Å². The van der Waals surface area contributed by atoms with Crippen LogP contribution in [0.5, 0.6) is 0 Å². The van der Waals surface area contributed by atoms with Gasteiger partial charge in [-0.2, -0.15) is 0 Å². The summed E-state index contributed by atoms with van der Waals surface area (Å²) in [4.78, 5) is 15.6. The molecule has 0 aliphatic carbocycles. The second-order valence-corrected chi connectivity index (χ2v) is 4.97. The van der Waals surface area contributed by atoms with E-state index in [4.69, 9.17) is 9.84 Å². The first-order chi connectivity index (χ1) is 9.63. The molecule has 1 atom stereocenters. The van der Waals surface area contributed by atoms with Gasteiger partial charge in [-0.15, -0.1) is 0 Å². The normalized spacial score (nSPS) is 15.9. The second kappa shape index (κ2) is 6.61. The monoisotopic (exact) mass is 278 g/mol. The number of hydrogen-bond donors (Lipinski definition) is 1. The van der Waals surface area contributed by atoms with Gasteiger partial charge in [-0.25, -0.2) is 4.79 Å². The van der Waals surface area contributed by atoms with E-state index in [0.29, 0.717) is 19.6 Å². The molecular weight excluding hydrogens is 256 g/mol. The van der Waals surface area contributed by atoms with Crippen molar-refractivity contribution in [1.29, 1.82) is 0 Å². The Morgan fingerprint density at radius 3 is 2.70 bits per heavy atom. The predicted molar refractivity (Wildman–Crippen MR) is 79.6 cm³/mol. The Morgan fingerprint density at radius 2 is 2.05 bits per heavy atom. The summed E-state index contributed by atoms with van der Waals surface area (Å²) in [5.74, 6) is -0.880. The van der Waals surface area contributed by atoms with Gasteiger partial charge in [0, 0.05) is 39.7 Å². The Hall–Kier alpha value is -1.75. The Morgan fingerprint density at radius 1 is 1.35 bits per heavy atom. The summed E-state index contributed by atoms with van der Waals surface area (Å²) >= 11 is 0. The standard InChI is InChI=1S/C15H22N2O3/c1-3-20-14(15(18)19)8-9-17-11-10-16(2)12-6-4-5-7-13(12)17/h4-7,14H,3,8-11H2,1-2H3,(H,18,19). The first-order valence-electron chi connectivity index (χ1n) is 7.03. The number of para-hydroxylation sites is 2. The molecule has 0 bridgehead atoms.